The third-order valence-electron chi connectivity index (χ3n) is 5.80. The van der Waals surface area contributed by atoms with Crippen LogP contribution in [0.25, 0.3) is 0 Å². The zero-order chi connectivity index (χ0) is 24.6. The number of amides is 1. The van der Waals surface area contributed by atoms with Crippen LogP contribution in [0.4, 0.5) is 4.39 Å². The normalized spacial score (nSPS) is 15.2. The fourth-order valence-corrected chi connectivity index (χ4v) is 4.01. The van der Waals surface area contributed by atoms with Gasteiger partial charge in [0.2, 0.25) is 0 Å². The summed E-state index contributed by atoms with van der Waals surface area (Å²) in [5.74, 6) is 0.673. The molecule has 0 saturated carbocycles. The lowest BCUT2D eigenvalue weighted by atomic mass is 9.89. The number of halogens is 1. The van der Waals surface area contributed by atoms with Crippen molar-refractivity contribution in [3.63, 3.8) is 0 Å². The van der Waals surface area contributed by atoms with Crippen molar-refractivity contribution in [1.82, 2.24) is 4.90 Å². The summed E-state index contributed by atoms with van der Waals surface area (Å²) in [6.45, 7) is 6.88. The molecule has 1 heterocycles. The molecule has 0 N–H and O–H groups in total. The highest BCUT2D eigenvalue weighted by molar-refractivity contribution is 5.94. The predicted octanol–water partition coefficient (Wildman–Crippen LogP) is 6.06. The molecule has 5 nitrogen and oxygen atoms in total. The van der Waals surface area contributed by atoms with Crippen LogP contribution >= 0.6 is 0 Å². The molecule has 0 unspecified atom stereocenters. The van der Waals surface area contributed by atoms with Gasteiger partial charge in [-0.2, -0.15) is 0 Å². The van der Waals surface area contributed by atoms with E-state index < -0.39 is 5.60 Å². The molecule has 0 spiro atoms. The Morgan fingerprint density at radius 2 is 1.65 bits per heavy atom. The number of carbonyl (C=O) groups is 2. The molecule has 1 fully saturated rings. The van der Waals surface area contributed by atoms with Gasteiger partial charge in [-0.3, -0.25) is 9.59 Å². The molecule has 1 amide bonds. The van der Waals surface area contributed by atoms with Gasteiger partial charge in [0.1, 0.15) is 18.0 Å². The van der Waals surface area contributed by atoms with Crippen molar-refractivity contribution in [2.75, 3.05) is 19.7 Å². The molecule has 0 bridgehead atoms. The quantitative estimate of drug-likeness (QED) is 0.443. The maximum atomic E-state index is 13.2. The van der Waals surface area contributed by atoms with Crippen LogP contribution < -0.4 is 4.74 Å². The number of carbonyl (C=O) groups excluding carboxylic acids is 2. The molecule has 1 saturated heterocycles. The molecule has 3 rings (SSSR count). The van der Waals surface area contributed by atoms with Crippen LogP contribution in [0.5, 0.6) is 5.75 Å². The number of likely N-dealkylation sites (tertiary alicyclic amines) is 1. The van der Waals surface area contributed by atoms with Crippen molar-refractivity contribution < 1.29 is 23.5 Å². The lowest BCUT2D eigenvalue weighted by Gasteiger charge is -2.32. The summed E-state index contributed by atoms with van der Waals surface area (Å²) in [7, 11) is 0. The number of rotatable bonds is 8. The Bertz CT molecular complexity index is 972. The first-order chi connectivity index (χ1) is 16.2. The number of nitrogens with zero attached hydrogens (tertiary/aromatic N) is 1. The largest absolute Gasteiger partial charge is 0.489 e. The van der Waals surface area contributed by atoms with Crippen LogP contribution in [0, 0.1) is 0 Å². The number of hydrogen-bond acceptors (Lipinski definition) is 4. The summed E-state index contributed by atoms with van der Waals surface area (Å²) < 4.78 is 24.1. The second-order valence-corrected chi connectivity index (χ2v) is 9.64. The zero-order valence-corrected chi connectivity index (χ0v) is 20.3. The van der Waals surface area contributed by atoms with Crippen LogP contribution in [0.3, 0.4) is 0 Å². The minimum Gasteiger partial charge on any atom is -0.489 e. The van der Waals surface area contributed by atoms with E-state index in [-0.39, 0.29) is 31.3 Å². The molecule has 0 atom stereocenters. The van der Waals surface area contributed by atoms with E-state index in [4.69, 9.17) is 9.47 Å². The molecule has 182 valence electrons. The van der Waals surface area contributed by atoms with E-state index in [1.54, 1.807) is 45.0 Å². The molecule has 0 aliphatic carbocycles. The first kappa shape index (κ1) is 25.5. The first-order valence-corrected chi connectivity index (χ1v) is 11.8. The lowest BCUT2D eigenvalue weighted by Crippen LogP contribution is -2.37. The average molecular weight is 468 g/mol. The van der Waals surface area contributed by atoms with Gasteiger partial charge in [0.05, 0.1) is 6.33 Å². The average Bonchev–Trinajstić information content (AvgIpc) is 2.83. The van der Waals surface area contributed by atoms with Crippen molar-refractivity contribution in [3.05, 3.63) is 77.6 Å². The van der Waals surface area contributed by atoms with Crippen molar-refractivity contribution in [3.8, 4) is 5.75 Å². The molecule has 34 heavy (non-hydrogen) atoms. The van der Waals surface area contributed by atoms with Crippen LogP contribution in [0.2, 0.25) is 0 Å². The van der Waals surface area contributed by atoms with Crippen molar-refractivity contribution >= 4 is 11.9 Å². The number of piperidine rings is 1. The maximum absolute atomic E-state index is 13.2. The fraction of sp³-hybridized carbons (Fsp3) is 0.429. The Balaban J connectivity index is 1.45. The van der Waals surface area contributed by atoms with E-state index in [1.807, 2.05) is 11.0 Å². The highest BCUT2D eigenvalue weighted by atomic mass is 19.1. The molecule has 0 radical (unpaired) electrons. The fourth-order valence-electron chi connectivity index (χ4n) is 4.01. The van der Waals surface area contributed by atoms with Crippen LogP contribution in [0.15, 0.2) is 66.5 Å². The standard InChI is InChI=1S/C28H34FNO4/c1-28(2,3)34-26(31)14-9-21(19-29)20-33-25-12-10-24(11-13-25)27(32)30-17-15-23(16-18-30)22-7-5-4-6-8-22/h4-8,10-13,19,23H,9,14-18,20H2,1-3H3. The monoisotopic (exact) mass is 467 g/mol. The van der Waals surface area contributed by atoms with Gasteiger partial charge in [0, 0.05) is 25.1 Å². The third kappa shape index (κ3) is 7.72. The Hall–Kier alpha value is -3.15. The number of benzene rings is 2. The SMILES string of the molecule is CC(C)(C)OC(=O)CCC(=CF)COc1ccc(C(=O)N2CCC(c3ccccc3)CC2)cc1. The summed E-state index contributed by atoms with van der Waals surface area (Å²) in [6, 6.07) is 17.4. The van der Waals surface area contributed by atoms with Crippen molar-refractivity contribution in [1.29, 1.82) is 0 Å². The maximum Gasteiger partial charge on any atom is 0.306 e. The highest BCUT2D eigenvalue weighted by Gasteiger charge is 2.24. The molecule has 1 aliphatic heterocycles. The number of hydrogen-bond donors (Lipinski definition) is 0. The summed E-state index contributed by atoms with van der Waals surface area (Å²) in [4.78, 5) is 26.6. The lowest BCUT2D eigenvalue weighted by molar-refractivity contribution is -0.154. The van der Waals surface area contributed by atoms with Crippen LogP contribution in [-0.2, 0) is 9.53 Å². The van der Waals surface area contributed by atoms with E-state index in [0.29, 0.717) is 29.1 Å². The minimum atomic E-state index is -0.565. The van der Waals surface area contributed by atoms with Gasteiger partial charge in [0.25, 0.3) is 5.91 Å². The Morgan fingerprint density at radius 1 is 1.00 bits per heavy atom. The van der Waals surface area contributed by atoms with Gasteiger partial charge in [0.15, 0.2) is 0 Å². The summed E-state index contributed by atoms with van der Waals surface area (Å²) in [5.41, 5.74) is 1.75. The molecule has 1 aliphatic rings. The van der Waals surface area contributed by atoms with Crippen molar-refractivity contribution in [2.45, 2.75) is 58.0 Å². The van der Waals surface area contributed by atoms with Gasteiger partial charge in [-0.25, -0.2) is 4.39 Å². The first-order valence-electron chi connectivity index (χ1n) is 11.8. The highest BCUT2D eigenvalue weighted by Crippen LogP contribution is 2.28. The zero-order valence-electron chi connectivity index (χ0n) is 20.3. The van der Waals surface area contributed by atoms with Gasteiger partial charge >= 0.3 is 5.97 Å². The minimum absolute atomic E-state index is 0.0137. The summed E-state index contributed by atoms with van der Waals surface area (Å²) in [6.07, 6.45) is 2.70. The summed E-state index contributed by atoms with van der Waals surface area (Å²) >= 11 is 0. The molecule has 0 aromatic heterocycles. The Morgan fingerprint density at radius 3 is 2.24 bits per heavy atom. The van der Waals surface area contributed by atoms with Crippen molar-refractivity contribution in [2.24, 2.45) is 0 Å². The van der Waals surface area contributed by atoms with E-state index >= 15 is 0 Å². The van der Waals surface area contributed by atoms with Gasteiger partial charge in [-0.15, -0.1) is 0 Å². The van der Waals surface area contributed by atoms with Gasteiger partial charge < -0.3 is 14.4 Å². The molecule has 2 aromatic rings. The predicted molar refractivity (Wildman–Crippen MR) is 131 cm³/mol. The molecule has 6 heteroatoms. The molecule has 2 aromatic carbocycles. The molecular weight excluding hydrogens is 433 g/mol. The smallest absolute Gasteiger partial charge is 0.306 e. The second-order valence-electron chi connectivity index (χ2n) is 9.64. The van der Waals surface area contributed by atoms with Gasteiger partial charge in [-0.05, 0) is 81.4 Å². The van der Waals surface area contributed by atoms with E-state index in [0.717, 1.165) is 25.9 Å². The van der Waals surface area contributed by atoms with Gasteiger partial charge in [-0.1, -0.05) is 30.3 Å². The number of ether oxygens (including phenoxy) is 2. The Labute approximate surface area is 201 Å². The topological polar surface area (TPSA) is 55.8 Å². The summed E-state index contributed by atoms with van der Waals surface area (Å²) in [5, 5.41) is 0. The Kier molecular flexibility index (Phi) is 8.85. The van der Waals surface area contributed by atoms with E-state index in [1.165, 1.54) is 5.56 Å². The molecular formula is C28H34FNO4. The number of esters is 1. The third-order valence-corrected chi connectivity index (χ3v) is 5.80. The van der Waals surface area contributed by atoms with E-state index in [9.17, 15) is 14.0 Å². The second kappa shape index (κ2) is 11.8. The van der Waals surface area contributed by atoms with E-state index in [2.05, 4.69) is 24.3 Å². The van der Waals surface area contributed by atoms with Crippen LogP contribution in [0.1, 0.15) is 68.3 Å². The van der Waals surface area contributed by atoms with Crippen LogP contribution in [-0.4, -0.2) is 42.1 Å².